The van der Waals surface area contributed by atoms with E-state index in [1.807, 2.05) is 84.9 Å². The van der Waals surface area contributed by atoms with Crippen LogP contribution >= 0.6 is 0 Å². The lowest BCUT2D eigenvalue weighted by Crippen LogP contribution is -1.99. The van der Waals surface area contributed by atoms with Crippen LogP contribution in [0.3, 0.4) is 0 Å². The lowest BCUT2D eigenvalue weighted by atomic mass is 9.99. The molecule has 0 aliphatic carbocycles. The van der Waals surface area contributed by atoms with Crippen molar-refractivity contribution in [1.82, 2.24) is 0 Å². The van der Waals surface area contributed by atoms with Crippen molar-refractivity contribution in [2.75, 3.05) is 6.61 Å². The van der Waals surface area contributed by atoms with Gasteiger partial charge >= 0.3 is 0 Å². The number of benzene rings is 4. The second-order valence-electron chi connectivity index (χ2n) is 7.54. The Morgan fingerprint density at radius 1 is 0.742 bits per heavy atom. The zero-order chi connectivity index (χ0) is 21.3. The maximum absolute atomic E-state index is 12.9. The van der Waals surface area contributed by atoms with Crippen LogP contribution in [0.25, 0.3) is 16.8 Å². The van der Waals surface area contributed by atoms with Crippen molar-refractivity contribution < 1.29 is 9.53 Å². The summed E-state index contributed by atoms with van der Waals surface area (Å²) in [6.07, 6.45) is 6.62. The van der Waals surface area contributed by atoms with Gasteiger partial charge in [-0.05, 0) is 59.4 Å². The molecule has 0 heterocycles. The first-order valence-electron chi connectivity index (χ1n) is 10.8. The Kier molecular flexibility index (Phi) is 6.92. The van der Waals surface area contributed by atoms with Crippen molar-refractivity contribution in [3.8, 4) is 5.75 Å². The molecule has 0 N–H and O–H groups in total. The smallest absolute Gasteiger partial charge is 0.186 e. The Morgan fingerprint density at radius 2 is 1.48 bits per heavy atom. The Balaban J connectivity index is 1.37. The molecule has 154 valence electrons. The fourth-order valence-electron chi connectivity index (χ4n) is 3.74. The molecule has 2 heteroatoms. The summed E-state index contributed by atoms with van der Waals surface area (Å²) in [6, 6.07) is 32.1. The largest absolute Gasteiger partial charge is 0.494 e. The highest BCUT2D eigenvalue weighted by Gasteiger charge is 2.07. The monoisotopic (exact) mass is 406 g/mol. The number of fused-ring (bicyclic) bond motifs is 1. The van der Waals surface area contributed by atoms with Gasteiger partial charge in [0.05, 0.1) is 6.61 Å². The molecule has 0 bridgehead atoms. The van der Waals surface area contributed by atoms with Crippen molar-refractivity contribution in [3.05, 3.63) is 120 Å². The molecule has 0 spiro atoms. The summed E-state index contributed by atoms with van der Waals surface area (Å²) < 4.78 is 5.78. The number of unbranched alkanes of at least 4 members (excludes halogenated alkanes) is 1. The molecule has 4 aromatic carbocycles. The number of carbonyl (C=O) groups is 1. The van der Waals surface area contributed by atoms with Gasteiger partial charge in [0.1, 0.15) is 5.75 Å². The molecule has 0 amide bonds. The van der Waals surface area contributed by atoms with Crippen LogP contribution in [0.2, 0.25) is 0 Å². The highest BCUT2D eigenvalue weighted by molar-refractivity contribution is 6.14. The van der Waals surface area contributed by atoms with E-state index in [0.29, 0.717) is 6.61 Å². The number of para-hydroxylation sites is 1. The number of hydrogen-bond donors (Lipinski definition) is 0. The summed E-state index contributed by atoms with van der Waals surface area (Å²) in [4.78, 5) is 12.9. The number of aryl methyl sites for hydroxylation is 1. The van der Waals surface area contributed by atoms with Crippen molar-refractivity contribution in [2.45, 2.75) is 19.3 Å². The van der Waals surface area contributed by atoms with E-state index < -0.39 is 0 Å². The first-order chi connectivity index (χ1) is 15.3. The van der Waals surface area contributed by atoms with E-state index >= 15 is 0 Å². The van der Waals surface area contributed by atoms with Gasteiger partial charge in [0.15, 0.2) is 5.78 Å². The summed E-state index contributed by atoms with van der Waals surface area (Å²) in [7, 11) is 0. The van der Waals surface area contributed by atoms with E-state index in [-0.39, 0.29) is 5.78 Å². The number of rotatable bonds is 9. The Hall–Kier alpha value is -3.65. The van der Waals surface area contributed by atoms with Crippen LogP contribution in [-0.4, -0.2) is 12.4 Å². The molecule has 0 saturated carbocycles. The second-order valence-corrected chi connectivity index (χ2v) is 7.54. The maximum atomic E-state index is 12.9. The summed E-state index contributed by atoms with van der Waals surface area (Å²) in [6.45, 7) is 0.710. The minimum atomic E-state index is 0.0304. The molecular formula is C29H26O2. The van der Waals surface area contributed by atoms with E-state index in [4.69, 9.17) is 4.74 Å². The zero-order valence-corrected chi connectivity index (χ0v) is 17.5. The van der Waals surface area contributed by atoms with Crippen LogP contribution in [0.1, 0.15) is 34.3 Å². The van der Waals surface area contributed by atoms with Gasteiger partial charge in [0, 0.05) is 5.56 Å². The van der Waals surface area contributed by atoms with Crippen molar-refractivity contribution >= 4 is 22.6 Å². The first-order valence-corrected chi connectivity index (χ1v) is 10.8. The fourth-order valence-corrected chi connectivity index (χ4v) is 3.74. The van der Waals surface area contributed by atoms with Crippen LogP contribution in [0.4, 0.5) is 0 Å². The lowest BCUT2D eigenvalue weighted by Gasteiger charge is -2.08. The van der Waals surface area contributed by atoms with Gasteiger partial charge in [0.25, 0.3) is 0 Å². The van der Waals surface area contributed by atoms with E-state index in [1.165, 1.54) is 5.56 Å². The van der Waals surface area contributed by atoms with Crippen LogP contribution < -0.4 is 4.74 Å². The number of hydrogen-bond acceptors (Lipinski definition) is 2. The molecule has 4 aromatic rings. The third-order valence-corrected chi connectivity index (χ3v) is 5.38. The molecule has 0 fully saturated rings. The zero-order valence-electron chi connectivity index (χ0n) is 17.5. The van der Waals surface area contributed by atoms with Gasteiger partial charge in [-0.1, -0.05) is 91.0 Å². The molecule has 0 aliphatic heterocycles. The van der Waals surface area contributed by atoms with Crippen molar-refractivity contribution in [3.63, 3.8) is 0 Å². The number of ketones is 1. The minimum absolute atomic E-state index is 0.0304. The normalized spacial score (nSPS) is 11.1. The third-order valence-electron chi connectivity index (χ3n) is 5.38. The molecule has 0 unspecified atom stereocenters. The van der Waals surface area contributed by atoms with Crippen LogP contribution in [0, 0.1) is 0 Å². The van der Waals surface area contributed by atoms with Crippen molar-refractivity contribution in [1.29, 1.82) is 0 Å². The Labute approximate surface area is 183 Å². The third kappa shape index (κ3) is 5.49. The molecule has 0 aromatic heterocycles. The predicted octanol–water partition coefficient (Wildman–Crippen LogP) is 7.14. The predicted molar refractivity (Wildman–Crippen MR) is 129 cm³/mol. The number of ether oxygens (including phenoxy) is 1. The Bertz CT molecular complexity index is 1170. The van der Waals surface area contributed by atoms with Gasteiger partial charge in [-0.2, -0.15) is 0 Å². The topological polar surface area (TPSA) is 26.3 Å². The highest BCUT2D eigenvalue weighted by atomic mass is 16.5. The molecular weight excluding hydrogens is 380 g/mol. The van der Waals surface area contributed by atoms with Gasteiger partial charge in [-0.25, -0.2) is 0 Å². The molecule has 31 heavy (non-hydrogen) atoms. The van der Waals surface area contributed by atoms with E-state index in [0.717, 1.165) is 46.9 Å². The number of carbonyl (C=O) groups excluding carboxylic acids is 1. The molecule has 4 rings (SSSR count). The number of allylic oxidation sites excluding steroid dienone is 1. The van der Waals surface area contributed by atoms with Gasteiger partial charge in [0.2, 0.25) is 0 Å². The summed E-state index contributed by atoms with van der Waals surface area (Å²) in [5.41, 5.74) is 3.09. The standard InChI is InChI=1S/C29H26O2/c30-29(28-19-10-15-25-14-6-7-18-27(25)28)21-20-24-12-5-4-11-23(24)13-8-9-22-31-26-16-2-1-3-17-26/h1-7,10-12,14-21H,8-9,13,22H2. The molecule has 0 atom stereocenters. The maximum Gasteiger partial charge on any atom is 0.186 e. The van der Waals surface area contributed by atoms with Crippen LogP contribution in [0.5, 0.6) is 5.75 Å². The summed E-state index contributed by atoms with van der Waals surface area (Å²) in [5, 5.41) is 2.08. The quantitative estimate of drug-likeness (QED) is 0.168. The average Bonchev–Trinajstić information content (AvgIpc) is 2.83. The van der Waals surface area contributed by atoms with Gasteiger partial charge in [-0.3, -0.25) is 4.79 Å². The van der Waals surface area contributed by atoms with Gasteiger partial charge in [-0.15, -0.1) is 0 Å². The summed E-state index contributed by atoms with van der Waals surface area (Å²) >= 11 is 0. The van der Waals surface area contributed by atoms with E-state index in [9.17, 15) is 4.79 Å². The van der Waals surface area contributed by atoms with Gasteiger partial charge < -0.3 is 4.74 Å². The fraction of sp³-hybridized carbons (Fsp3) is 0.138. The molecule has 0 aliphatic rings. The highest BCUT2D eigenvalue weighted by Crippen LogP contribution is 2.20. The summed E-state index contributed by atoms with van der Waals surface area (Å²) in [5.74, 6) is 0.945. The molecule has 2 nitrogen and oxygen atoms in total. The van der Waals surface area contributed by atoms with E-state index in [1.54, 1.807) is 6.08 Å². The second kappa shape index (κ2) is 10.4. The first kappa shape index (κ1) is 20.6. The lowest BCUT2D eigenvalue weighted by molar-refractivity contribution is 0.104. The van der Waals surface area contributed by atoms with E-state index in [2.05, 4.69) is 18.2 Å². The van der Waals surface area contributed by atoms with Crippen LogP contribution in [-0.2, 0) is 6.42 Å². The Morgan fingerprint density at radius 3 is 2.39 bits per heavy atom. The average molecular weight is 407 g/mol. The van der Waals surface area contributed by atoms with Crippen molar-refractivity contribution in [2.24, 2.45) is 0 Å². The SMILES string of the molecule is O=C(C=Cc1ccccc1CCCCOc1ccccc1)c1cccc2ccccc12. The minimum Gasteiger partial charge on any atom is -0.494 e. The van der Waals surface area contributed by atoms with Crippen LogP contribution in [0.15, 0.2) is 103 Å². The molecule has 0 radical (unpaired) electrons. The molecule has 0 saturated heterocycles.